The van der Waals surface area contributed by atoms with Gasteiger partial charge in [-0.25, -0.2) is 4.79 Å². The zero-order valence-electron chi connectivity index (χ0n) is 11.8. The van der Waals surface area contributed by atoms with Gasteiger partial charge in [0, 0.05) is 18.9 Å². The van der Waals surface area contributed by atoms with E-state index in [2.05, 4.69) is 0 Å². The van der Waals surface area contributed by atoms with Gasteiger partial charge in [0.15, 0.2) is 0 Å². The fourth-order valence-electron chi connectivity index (χ4n) is 1.95. The first-order valence-corrected chi connectivity index (χ1v) is 6.32. The number of carboxylic acid groups (broad SMARTS) is 1. The van der Waals surface area contributed by atoms with Crippen LogP contribution in [0, 0.1) is 0 Å². The summed E-state index contributed by atoms with van der Waals surface area (Å²) in [5.41, 5.74) is 0.802. The summed E-state index contributed by atoms with van der Waals surface area (Å²) < 4.78 is 6.47. The Morgan fingerprint density at radius 3 is 2.48 bits per heavy atom. The molecule has 0 aliphatic heterocycles. The Kier molecular flexibility index (Phi) is 4.27. The number of aromatic nitrogens is 1. The van der Waals surface area contributed by atoms with Crippen LogP contribution in [-0.2, 0) is 11.3 Å². The maximum absolute atomic E-state index is 12.2. The molecule has 21 heavy (non-hydrogen) atoms. The number of methoxy groups -OCH3 is 1. The number of hydrogen-bond donors (Lipinski definition) is 1. The van der Waals surface area contributed by atoms with E-state index in [4.69, 9.17) is 9.84 Å². The number of anilines is 1. The second kappa shape index (κ2) is 6.13. The molecule has 6 heteroatoms. The molecule has 0 unspecified atom stereocenters. The van der Waals surface area contributed by atoms with Gasteiger partial charge in [-0.3, -0.25) is 4.79 Å². The Bertz CT molecular complexity index is 646. The fourth-order valence-corrected chi connectivity index (χ4v) is 1.95. The van der Waals surface area contributed by atoms with Crippen LogP contribution in [0.1, 0.15) is 10.5 Å². The fraction of sp³-hybridized carbons (Fsp3) is 0.200. The van der Waals surface area contributed by atoms with Crippen LogP contribution in [-0.4, -0.2) is 35.7 Å². The number of carboxylic acids is 1. The zero-order valence-corrected chi connectivity index (χ0v) is 11.8. The molecule has 2 rings (SSSR count). The predicted molar refractivity (Wildman–Crippen MR) is 77.8 cm³/mol. The monoisotopic (exact) mass is 288 g/mol. The van der Waals surface area contributed by atoms with Crippen molar-refractivity contribution in [2.24, 2.45) is 0 Å². The SMILES string of the molecule is COc1ccc(N(C)C(=O)Cn2cccc2C(=O)O)cc1. The summed E-state index contributed by atoms with van der Waals surface area (Å²) in [6.45, 7) is -0.0306. The van der Waals surface area contributed by atoms with Crippen LogP contribution in [0.4, 0.5) is 5.69 Å². The topological polar surface area (TPSA) is 71.8 Å². The van der Waals surface area contributed by atoms with E-state index >= 15 is 0 Å². The summed E-state index contributed by atoms with van der Waals surface area (Å²) in [6.07, 6.45) is 1.57. The Morgan fingerprint density at radius 2 is 1.90 bits per heavy atom. The molecule has 0 fully saturated rings. The highest BCUT2D eigenvalue weighted by atomic mass is 16.5. The van der Waals surface area contributed by atoms with Crippen LogP contribution in [0.25, 0.3) is 0 Å². The molecule has 1 amide bonds. The first-order valence-electron chi connectivity index (χ1n) is 6.32. The van der Waals surface area contributed by atoms with Crippen molar-refractivity contribution in [1.29, 1.82) is 0 Å². The van der Waals surface area contributed by atoms with Crippen molar-refractivity contribution in [2.75, 3.05) is 19.1 Å². The van der Waals surface area contributed by atoms with Crippen LogP contribution in [0.5, 0.6) is 5.75 Å². The molecule has 0 atom stereocenters. The lowest BCUT2D eigenvalue weighted by Gasteiger charge is -2.18. The molecule has 1 N–H and O–H groups in total. The Hall–Kier alpha value is -2.76. The van der Waals surface area contributed by atoms with Crippen molar-refractivity contribution in [3.8, 4) is 5.75 Å². The first-order chi connectivity index (χ1) is 10.0. The van der Waals surface area contributed by atoms with Crippen molar-refractivity contribution in [1.82, 2.24) is 4.57 Å². The normalized spacial score (nSPS) is 10.2. The van der Waals surface area contributed by atoms with E-state index in [1.165, 1.54) is 15.5 Å². The van der Waals surface area contributed by atoms with Gasteiger partial charge < -0.3 is 19.3 Å². The standard InChI is InChI=1S/C15H16N2O4/c1-16(11-5-7-12(21-2)8-6-11)14(18)10-17-9-3-4-13(17)15(19)20/h3-9H,10H2,1-2H3,(H,19,20). The molecule has 6 nitrogen and oxygen atoms in total. The smallest absolute Gasteiger partial charge is 0.352 e. The van der Waals surface area contributed by atoms with Gasteiger partial charge in [0.2, 0.25) is 5.91 Å². The van der Waals surface area contributed by atoms with Crippen LogP contribution < -0.4 is 9.64 Å². The average Bonchev–Trinajstić information content (AvgIpc) is 2.95. The van der Waals surface area contributed by atoms with Gasteiger partial charge in [-0.15, -0.1) is 0 Å². The number of rotatable bonds is 5. The summed E-state index contributed by atoms with van der Waals surface area (Å²) in [7, 11) is 3.22. The highest BCUT2D eigenvalue weighted by molar-refractivity contribution is 5.93. The van der Waals surface area contributed by atoms with E-state index in [1.54, 1.807) is 50.7 Å². The van der Waals surface area contributed by atoms with Crippen molar-refractivity contribution in [2.45, 2.75) is 6.54 Å². The summed E-state index contributed by atoms with van der Waals surface area (Å²) in [6, 6.07) is 10.1. The van der Waals surface area contributed by atoms with Gasteiger partial charge >= 0.3 is 5.97 Å². The number of carbonyl (C=O) groups is 2. The summed E-state index contributed by atoms with van der Waals surface area (Å²) in [5, 5.41) is 9.02. The molecule has 0 aliphatic carbocycles. The molecular formula is C15H16N2O4. The molecule has 0 spiro atoms. The Morgan fingerprint density at radius 1 is 1.24 bits per heavy atom. The number of aromatic carboxylic acids is 1. The molecule has 2 aromatic rings. The van der Waals surface area contributed by atoms with Crippen molar-refractivity contribution >= 4 is 17.6 Å². The molecule has 1 aromatic heterocycles. The van der Waals surface area contributed by atoms with Gasteiger partial charge in [-0.1, -0.05) is 0 Å². The van der Waals surface area contributed by atoms with E-state index in [1.807, 2.05) is 0 Å². The number of ether oxygens (including phenoxy) is 1. The predicted octanol–water partition coefficient (Wildman–Crippen LogP) is 1.86. The van der Waals surface area contributed by atoms with Gasteiger partial charge in [-0.05, 0) is 36.4 Å². The van der Waals surface area contributed by atoms with E-state index in [0.29, 0.717) is 11.4 Å². The zero-order chi connectivity index (χ0) is 15.4. The molecule has 0 saturated heterocycles. The number of likely N-dealkylation sites (N-methyl/N-ethyl adjacent to an activating group) is 1. The molecule has 110 valence electrons. The van der Waals surface area contributed by atoms with Crippen molar-refractivity contribution in [3.05, 3.63) is 48.3 Å². The quantitative estimate of drug-likeness (QED) is 0.911. The third-order valence-electron chi connectivity index (χ3n) is 3.19. The molecular weight excluding hydrogens is 272 g/mol. The Labute approximate surface area is 122 Å². The number of carbonyl (C=O) groups excluding carboxylic acids is 1. The van der Waals surface area contributed by atoms with E-state index in [-0.39, 0.29) is 18.1 Å². The number of amides is 1. The third-order valence-corrected chi connectivity index (χ3v) is 3.19. The lowest BCUT2D eigenvalue weighted by molar-refractivity contribution is -0.118. The van der Waals surface area contributed by atoms with Gasteiger partial charge in [0.1, 0.15) is 18.0 Å². The number of benzene rings is 1. The minimum atomic E-state index is -1.06. The highest BCUT2D eigenvalue weighted by Gasteiger charge is 2.15. The number of nitrogens with zero attached hydrogens (tertiary/aromatic N) is 2. The van der Waals surface area contributed by atoms with Gasteiger partial charge in [-0.2, -0.15) is 0 Å². The lowest BCUT2D eigenvalue weighted by Crippen LogP contribution is -2.30. The second-order valence-corrected chi connectivity index (χ2v) is 4.48. The maximum Gasteiger partial charge on any atom is 0.352 e. The molecule has 0 aliphatic rings. The second-order valence-electron chi connectivity index (χ2n) is 4.48. The number of hydrogen-bond acceptors (Lipinski definition) is 3. The van der Waals surface area contributed by atoms with Gasteiger partial charge in [0.25, 0.3) is 0 Å². The highest BCUT2D eigenvalue weighted by Crippen LogP contribution is 2.18. The van der Waals surface area contributed by atoms with E-state index < -0.39 is 5.97 Å². The largest absolute Gasteiger partial charge is 0.497 e. The first kappa shape index (κ1) is 14.6. The molecule has 0 bridgehead atoms. The Balaban J connectivity index is 2.11. The molecule has 1 aromatic carbocycles. The average molecular weight is 288 g/mol. The molecule has 0 saturated carbocycles. The van der Waals surface area contributed by atoms with Crippen LogP contribution in [0.15, 0.2) is 42.6 Å². The van der Waals surface area contributed by atoms with Crippen LogP contribution in [0.3, 0.4) is 0 Å². The van der Waals surface area contributed by atoms with E-state index in [9.17, 15) is 9.59 Å². The molecule has 1 heterocycles. The van der Waals surface area contributed by atoms with Crippen molar-refractivity contribution in [3.63, 3.8) is 0 Å². The minimum absolute atomic E-state index is 0.0306. The van der Waals surface area contributed by atoms with Crippen molar-refractivity contribution < 1.29 is 19.4 Å². The van der Waals surface area contributed by atoms with E-state index in [0.717, 1.165) is 0 Å². The summed E-state index contributed by atoms with van der Waals surface area (Å²) >= 11 is 0. The van der Waals surface area contributed by atoms with Crippen LogP contribution in [0.2, 0.25) is 0 Å². The summed E-state index contributed by atoms with van der Waals surface area (Å²) in [4.78, 5) is 24.7. The summed E-state index contributed by atoms with van der Waals surface area (Å²) in [5.74, 6) is -0.558. The molecule has 0 radical (unpaired) electrons. The minimum Gasteiger partial charge on any atom is -0.497 e. The van der Waals surface area contributed by atoms with Gasteiger partial charge in [0.05, 0.1) is 7.11 Å². The maximum atomic E-state index is 12.2. The lowest BCUT2D eigenvalue weighted by atomic mass is 10.2. The van der Waals surface area contributed by atoms with Crippen LogP contribution >= 0.6 is 0 Å². The third kappa shape index (κ3) is 3.22.